The van der Waals surface area contributed by atoms with E-state index in [1.807, 2.05) is 0 Å². The van der Waals surface area contributed by atoms with Crippen molar-refractivity contribution in [2.24, 2.45) is 7.05 Å². The minimum Gasteiger partial charge on any atom is -0.502 e. The molecule has 21 heavy (non-hydrogen) atoms. The van der Waals surface area contributed by atoms with Gasteiger partial charge in [0.25, 0.3) is 0 Å². The van der Waals surface area contributed by atoms with E-state index in [0.29, 0.717) is 0 Å². The number of phenolic OH excluding ortho intramolecular Hbond substituents is 1. The van der Waals surface area contributed by atoms with Gasteiger partial charge in [-0.2, -0.15) is 0 Å². The Hall–Kier alpha value is -2.39. The number of sulfonamides is 1. The molecular weight excluding hydrogens is 298 g/mol. The minimum atomic E-state index is -3.90. The molecular formula is C12H13N3O5S. The third-order valence-electron chi connectivity index (χ3n) is 2.95. The van der Waals surface area contributed by atoms with Gasteiger partial charge in [-0.25, -0.2) is 13.1 Å². The molecule has 0 amide bonds. The third kappa shape index (κ3) is 3.20. The predicted octanol–water partition coefficient (Wildman–Crippen LogP) is 1.12. The highest BCUT2D eigenvalue weighted by Crippen LogP contribution is 2.28. The molecule has 1 aromatic carbocycles. The van der Waals surface area contributed by atoms with E-state index in [2.05, 4.69) is 4.72 Å². The van der Waals surface area contributed by atoms with Crippen molar-refractivity contribution in [3.05, 3.63) is 52.3 Å². The molecule has 2 rings (SSSR count). The van der Waals surface area contributed by atoms with E-state index in [1.165, 1.54) is 0 Å². The lowest BCUT2D eigenvalue weighted by Crippen LogP contribution is -2.24. The van der Waals surface area contributed by atoms with Crippen molar-refractivity contribution in [2.45, 2.75) is 11.4 Å². The van der Waals surface area contributed by atoms with E-state index < -0.39 is 26.4 Å². The fourth-order valence-electron chi connectivity index (χ4n) is 1.75. The van der Waals surface area contributed by atoms with Crippen molar-refractivity contribution >= 4 is 15.7 Å². The van der Waals surface area contributed by atoms with Crippen LogP contribution in [0.2, 0.25) is 0 Å². The highest BCUT2D eigenvalue weighted by Gasteiger charge is 2.21. The number of hydrogen-bond acceptors (Lipinski definition) is 5. The second kappa shape index (κ2) is 5.54. The summed E-state index contributed by atoms with van der Waals surface area (Å²) in [6.07, 6.45) is 1.77. The molecule has 0 aliphatic heterocycles. The maximum Gasteiger partial charge on any atom is 0.312 e. The molecule has 1 heterocycles. The molecule has 0 atom stereocenters. The third-order valence-corrected chi connectivity index (χ3v) is 4.35. The standard InChI is InChI=1S/C12H13N3O5S/c1-14-6-2-3-9(14)8-13-21(19,20)10-4-5-12(16)11(7-10)15(17)18/h2-7,13,16H,8H2,1H3. The van der Waals surface area contributed by atoms with E-state index in [9.17, 15) is 23.6 Å². The van der Waals surface area contributed by atoms with Gasteiger partial charge in [-0.3, -0.25) is 10.1 Å². The molecule has 0 unspecified atom stereocenters. The number of nitro benzene ring substituents is 1. The molecule has 0 saturated carbocycles. The summed E-state index contributed by atoms with van der Waals surface area (Å²) in [7, 11) is -2.13. The lowest BCUT2D eigenvalue weighted by molar-refractivity contribution is -0.386. The van der Waals surface area contributed by atoms with Gasteiger partial charge in [-0.1, -0.05) is 0 Å². The second-order valence-electron chi connectivity index (χ2n) is 4.34. The summed E-state index contributed by atoms with van der Waals surface area (Å²) in [4.78, 5) is 9.60. The Balaban J connectivity index is 2.26. The zero-order valence-electron chi connectivity index (χ0n) is 11.1. The number of nitro groups is 1. The number of aromatic nitrogens is 1. The van der Waals surface area contributed by atoms with E-state index in [1.54, 1.807) is 29.9 Å². The normalized spacial score (nSPS) is 11.5. The minimum absolute atomic E-state index is 0.0561. The zero-order valence-corrected chi connectivity index (χ0v) is 11.9. The second-order valence-corrected chi connectivity index (χ2v) is 6.11. The molecule has 1 aromatic heterocycles. The van der Waals surface area contributed by atoms with Crippen molar-refractivity contribution in [3.63, 3.8) is 0 Å². The lowest BCUT2D eigenvalue weighted by Gasteiger charge is -2.08. The Bertz CT molecular complexity index is 782. The topological polar surface area (TPSA) is 114 Å². The summed E-state index contributed by atoms with van der Waals surface area (Å²) < 4.78 is 28.3. The number of nitrogens with one attached hydrogen (secondary N) is 1. The van der Waals surface area contributed by atoms with Crippen LogP contribution in [-0.4, -0.2) is 23.0 Å². The van der Waals surface area contributed by atoms with Crippen LogP contribution in [0.3, 0.4) is 0 Å². The molecule has 8 nitrogen and oxygen atoms in total. The van der Waals surface area contributed by atoms with E-state index >= 15 is 0 Å². The summed E-state index contributed by atoms with van der Waals surface area (Å²) >= 11 is 0. The molecule has 0 aliphatic carbocycles. The van der Waals surface area contributed by atoms with E-state index in [0.717, 1.165) is 23.9 Å². The van der Waals surface area contributed by atoms with Crippen LogP contribution in [0.15, 0.2) is 41.4 Å². The maximum atomic E-state index is 12.1. The van der Waals surface area contributed by atoms with Gasteiger partial charge in [-0.15, -0.1) is 0 Å². The summed E-state index contributed by atoms with van der Waals surface area (Å²) in [5.41, 5.74) is 0.0867. The molecule has 9 heteroatoms. The number of rotatable bonds is 5. The zero-order chi connectivity index (χ0) is 15.6. The Morgan fingerprint density at radius 1 is 1.38 bits per heavy atom. The summed E-state index contributed by atoms with van der Waals surface area (Å²) in [5.74, 6) is -0.582. The van der Waals surface area contributed by atoms with Gasteiger partial charge < -0.3 is 9.67 Å². The summed E-state index contributed by atoms with van der Waals surface area (Å²) in [6.45, 7) is 0.0561. The van der Waals surface area contributed by atoms with Crippen molar-refractivity contribution in [1.82, 2.24) is 9.29 Å². The molecule has 0 saturated heterocycles. The smallest absolute Gasteiger partial charge is 0.312 e. The highest BCUT2D eigenvalue weighted by molar-refractivity contribution is 7.89. The largest absolute Gasteiger partial charge is 0.502 e. The fraction of sp³-hybridized carbons (Fsp3) is 0.167. The van der Waals surface area contributed by atoms with Gasteiger partial charge in [0, 0.05) is 25.0 Å². The van der Waals surface area contributed by atoms with Gasteiger partial charge in [0.15, 0.2) is 5.75 Å². The molecule has 0 fully saturated rings. The molecule has 0 aliphatic rings. The number of benzene rings is 1. The van der Waals surface area contributed by atoms with E-state index in [-0.39, 0.29) is 11.4 Å². The van der Waals surface area contributed by atoms with Crippen molar-refractivity contribution in [1.29, 1.82) is 0 Å². The number of aromatic hydroxyl groups is 1. The van der Waals surface area contributed by atoms with E-state index in [4.69, 9.17) is 0 Å². The molecule has 2 aromatic rings. The van der Waals surface area contributed by atoms with Crippen LogP contribution in [0.25, 0.3) is 0 Å². The maximum absolute atomic E-state index is 12.1. The first-order valence-corrected chi connectivity index (χ1v) is 7.37. The Labute approximate surface area is 120 Å². The van der Waals surface area contributed by atoms with Crippen LogP contribution in [0, 0.1) is 10.1 Å². The first-order chi connectivity index (χ1) is 9.81. The lowest BCUT2D eigenvalue weighted by atomic mass is 10.3. The average Bonchev–Trinajstić information content (AvgIpc) is 2.82. The van der Waals surface area contributed by atoms with Crippen molar-refractivity contribution < 1.29 is 18.4 Å². The molecule has 112 valence electrons. The number of aryl methyl sites for hydroxylation is 1. The van der Waals surface area contributed by atoms with Gasteiger partial charge in [0.1, 0.15) is 0 Å². The van der Waals surface area contributed by atoms with Crippen molar-refractivity contribution in [2.75, 3.05) is 0 Å². The van der Waals surface area contributed by atoms with Crippen LogP contribution in [0.4, 0.5) is 5.69 Å². The summed E-state index contributed by atoms with van der Waals surface area (Å²) in [5, 5.41) is 20.0. The monoisotopic (exact) mass is 311 g/mol. The SMILES string of the molecule is Cn1cccc1CNS(=O)(=O)c1ccc(O)c([N+](=O)[O-])c1. The van der Waals surface area contributed by atoms with Crippen LogP contribution < -0.4 is 4.72 Å². The first kappa shape index (κ1) is 15.0. The van der Waals surface area contributed by atoms with Gasteiger partial charge in [0.05, 0.1) is 16.4 Å². The Kier molecular flexibility index (Phi) is 3.96. The van der Waals surface area contributed by atoms with Crippen molar-refractivity contribution in [3.8, 4) is 5.75 Å². The Morgan fingerprint density at radius 3 is 2.67 bits per heavy atom. The summed E-state index contributed by atoms with van der Waals surface area (Å²) in [6, 6.07) is 6.43. The molecule has 0 spiro atoms. The number of hydrogen-bond donors (Lipinski definition) is 2. The molecule has 0 bridgehead atoms. The van der Waals surface area contributed by atoms with Gasteiger partial charge in [-0.05, 0) is 24.3 Å². The fourth-order valence-corrected chi connectivity index (χ4v) is 2.77. The average molecular weight is 311 g/mol. The van der Waals surface area contributed by atoms with Gasteiger partial charge in [0.2, 0.25) is 10.0 Å². The number of phenols is 1. The van der Waals surface area contributed by atoms with Crippen LogP contribution in [-0.2, 0) is 23.6 Å². The number of nitrogens with zero attached hydrogens (tertiary/aromatic N) is 2. The molecule has 0 radical (unpaired) electrons. The predicted molar refractivity (Wildman–Crippen MR) is 74.2 cm³/mol. The van der Waals surface area contributed by atoms with Gasteiger partial charge >= 0.3 is 5.69 Å². The van der Waals surface area contributed by atoms with Crippen LogP contribution in [0.1, 0.15) is 5.69 Å². The molecule has 2 N–H and O–H groups in total. The van der Waals surface area contributed by atoms with Crippen LogP contribution >= 0.6 is 0 Å². The van der Waals surface area contributed by atoms with Crippen LogP contribution in [0.5, 0.6) is 5.75 Å². The quantitative estimate of drug-likeness (QED) is 0.634. The highest BCUT2D eigenvalue weighted by atomic mass is 32.2. The Morgan fingerprint density at radius 2 is 2.10 bits per heavy atom. The first-order valence-electron chi connectivity index (χ1n) is 5.88.